The van der Waals surface area contributed by atoms with Gasteiger partial charge in [-0.2, -0.15) is 10.2 Å². The summed E-state index contributed by atoms with van der Waals surface area (Å²) in [5.41, 5.74) is 2.23. The summed E-state index contributed by atoms with van der Waals surface area (Å²) in [7, 11) is 1.79. The van der Waals surface area contributed by atoms with Crippen LogP contribution in [0.4, 0.5) is 5.82 Å². The number of amides is 1. The first-order valence-electron chi connectivity index (χ1n) is 6.65. The highest BCUT2D eigenvalue weighted by molar-refractivity contribution is 9.10. The number of carbonyl (C=O) groups is 1. The summed E-state index contributed by atoms with van der Waals surface area (Å²) in [5, 5.41) is 11.2. The van der Waals surface area contributed by atoms with Gasteiger partial charge in [-0.05, 0) is 31.2 Å². The van der Waals surface area contributed by atoms with E-state index in [0.29, 0.717) is 11.4 Å². The molecule has 0 bridgehead atoms. The first kappa shape index (κ1) is 14.5. The predicted octanol–water partition coefficient (Wildman–Crippen LogP) is 2.93. The normalized spacial score (nSPS) is 10.7. The SMILES string of the molecule is Cc1cc(NC(=O)c2cnn(-c3ccc(Br)cc3)c2)n(C)n1. The van der Waals surface area contributed by atoms with Gasteiger partial charge in [0, 0.05) is 23.8 Å². The molecule has 112 valence electrons. The van der Waals surface area contributed by atoms with Crippen molar-refractivity contribution in [1.82, 2.24) is 19.6 Å². The van der Waals surface area contributed by atoms with Crippen molar-refractivity contribution >= 4 is 27.7 Å². The number of nitrogens with zero attached hydrogens (tertiary/aromatic N) is 4. The summed E-state index contributed by atoms with van der Waals surface area (Å²) in [6.07, 6.45) is 3.24. The van der Waals surface area contributed by atoms with Crippen LogP contribution in [0.15, 0.2) is 47.2 Å². The maximum atomic E-state index is 12.3. The molecule has 1 aromatic carbocycles. The van der Waals surface area contributed by atoms with Gasteiger partial charge in [-0.1, -0.05) is 15.9 Å². The zero-order valence-electron chi connectivity index (χ0n) is 12.1. The molecule has 0 aliphatic heterocycles. The fourth-order valence-corrected chi connectivity index (χ4v) is 2.36. The van der Waals surface area contributed by atoms with Gasteiger partial charge in [0.15, 0.2) is 0 Å². The lowest BCUT2D eigenvalue weighted by molar-refractivity contribution is 0.102. The molecule has 0 radical (unpaired) electrons. The zero-order valence-corrected chi connectivity index (χ0v) is 13.7. The van der Waals surface area contributed by atoms with Crippen LogP contribution in [-0.4, -0.2) is 25.5 Å². The van der Waals surface area contributed by atoms with Gasteiger partial charge >= 0.3 is 0 Å². The Bertz CT molecular complexity index is 819. The Labute approximate surface area is 135 Å². The molecule has 22 heavy (non-hydrogen) atoms. The standard InChI is InChI=1S/C15H14BrN5O/c1-10-7-14(20(2)19-10)18-15(22)11-8-17-21(9-11)13-5-3-12(16)4-6-13/h3-9H,1-2H3,(H,18,22). The minimum atomic E-state index is -0.216. The summed E-state index contributed by atoms with van der Waals surface area (Å²) in [6.45, 7) is 1.88. The Kier molecular flexibility index (Phi) is 3.81. The van der Waals surface area contributed by atoms with Crippen molar-refractivity contribution in [1.29, 1.82) is 0 Å². The Morgan fingerprint density at radius 3 is 2.64 bits per heavy atom. The second-order valence-electron chi connectivity index (χ2n) is 4.90. The largest absolute Gasteiger partial charge is 0.307 e. The Hall–Kier alpha value is -2.41. The highest BCUT2D eigenvalue weighted by atomic mass is 79.9. The van der Waals surface area contributed by atoms with E-state index < -0.39 is 0 Å². The van der Waals surface area contributed by atoms with Crippen LogP contribution in [0.1, 0.15) is 16.1 Å². The van der Waals surface area contributed by atoms with E-state index in [9.17, 15) is 4.79 Å². The molecule has 0 saturated heterocycles. The molecule has 3 aromatic rings. The van der Waals surface area contributed by atoms with E-state index in [-0.39, 0.29) is 5.91 Å². The van der Waals surface area contributed by atoms with Gasteiger partial charge in [-0.25, -0.2) is 4.68 Å². The van der Waals surface area contributed by atoms with Crippen LogP contribution in [0.2, 0.25) is 0 Å². The number of halogens is 1. The molecule has 0 fully saturated rings. The van der Waals surface area contributed by atoms with E-state index in [1.807, 2.05) is 37.3 Å². The predicted molar refractivity (Wildman–Crippen MR) is 87.2 cm³/mol. The van der Waals surface area contributed by atoms with Gasteiger partial charge < -0.3 is 5.32 Å². The third kappa shape index (κ3) is 2.94. The molecule has 2 aromatic heterocycles. The van der Waals surface area contributed by atoms with Crippen molar-refractivity contribution in [2.24, 2.45) is 7.05 Å². The van der Waals surface area contributed by atoms with Gasteiger partial charge in [0.2, 0.25) is 0 Å². The molecule has 0 aliphatic carbocycles. The molecule has 3 rings (SSSR count). The van der Waals surface area contributed by atoms with Crippen molar-refractivity contribution in [3.05, 3.63) is 58.5 Å². The molecule has 0 atom stereocenters. The van der Waals surface area contributed by atoms with E-state index >= 15 is 0 Å². The van der Waals surface area contributed by atoms with Crippen LogP contribution in [0, 0.1) is 6.92 Å². The lowest BCUT2D eigenvalue weighted by atomic mass is 10.3. The van der Waals surface area contributed by atoms with Crippen molar-refractivity contribution in [2.75, 3.05) is 5.32 Å². The van der Waals surface area contributed by atoms with Crippen LogP contribution in [0.25, 0.3) is 5.69 Å². The smallest absolute Gasteiger partial charge is 0.260 e. The topological polar surface area (TPSA) is 64.7 Å². The Morgan fingerprint density at radius 1 is 1.27 bits per heavy atom. The number of benzene rings is 1. The number of rotatable bonds is 3. The summed E-state index contributed by atoms with van der Waals surface area (Å²) in [6, 6.07) is 9.51. The number of anilines is 1. The maximum absolute atomic E-state index is 12.3. The Morgan fingerprint density at radius 2 is 2.00 bits per heavy atom. The average molecular weight is 360 g/mol. The molecule has 0 saturated carbocycles. The molecule has 0 spiro atoms. The molecule has 2 heterocycles. The molecule has 6 nitrogen and oxygen atoms in total. The molecule has 0 aliphatic rings. The third-order valence-electron chi connectivity index (χ3n) is 3.18. The highest BCUT2D eigenvalue weighted by Crippen LogP contribution is 2.15. The quantitative estimate of drug-likeness (QED) is 0.781. The monoisotopic (exact) mass is 359 g/mol. The Balaban J connectivity index is 1.79. The van der Waals surface area contributed by atoms with Gasteiger partial charge in [0.1, 0.15) is 5.82 Å². The lowest BCUT2D eigenvalue weighted by Gasteiger charge is -2.03. The molecule has 7 heteroatoms. The number of nitrogens with one attached hydrogen (secondary N) is 1. The maximum Gasteiger partial charge on any atom is 0.260 e. The van der Waals surface area contributed by atoms with Crippen LogP contribution in [0.5, 0.6) is 0 Å². The van der Waals surface area contributed by atoms with E-state index in [0.717, 1.165) is 15.9 Å². The van der Waals surface area contributed by atoms with E-state index in [1.165, 1.54) is 0 Å². The summed E-state index contributed by atoms with van der Waals surface area (Å²) < 4.78 is 4.29. The number of hydrogen-bond acceptors (Lipinski definition) is 3. The van der Waals surface area contributed by atoms with Gasteiger partial charge in [0.25, 0.3) is 5.91 Å². The summed E-state index contributed by atoms with van der Waals surface area (Å²) in [4.78, 5) is 12.3. The van der Waals surface area contributed by atoms with Crippen molar-refractivity contribution < 1.29 is 4.79 Å². The van der Waals surface area contributed by atoms with Crippen LogP contribution >= 0.6 is 15.9 Å². The molecule has 0 unspecified atom stereocenters. The van der Waals surface area contributed by atoms with Gasteiger partial charge in [-0.15, -0.1) is 0 Å². The lowest BCUT2D eigenvalue weighted by Crippen LogP contribution is -2.13. The highest BCUT2D eigenvalue weighted by Gasteiger charge is 2.12. The van der Waals surface area contributed by atoms with Crippen molar-refractivity contribution in [3.63, 3.8) is 0 Å². The van der Waals surface area contributed by atoms with Crippen LogP contribution in [0.3, 0.4) is 0 Å². The van der Waals surface area contributed by atoms with Crippen LogP contribution in [-0.2, 0) is 7.05 Å². The van der Waals surface area contributed by atoms with E-state index in [2.05, 4.69) is 31.4 Å². The molecular weight excluding hydrogens is 346 g/mol. The number of aromatic nitrogens is 4. The van der Waals surface area contributed by atoms with Crippen molar-refractivity contribution in [3.8, 4) is 5.69 Å². The molecule has 1 amide bonds. The average Bonchev–Trinajstić information content (AvgIpc) is 3.07. The fourth-order valence-electron chi connectivity index (χ4n) is 2.09. The second kappa shape index (κ2) is 5.76. The van der Waals surface area contributed by atoms with Gasteiger partial charge in [0.05, 0.1) is 23.1 Å². The fraction of sp³-hybridized carbons (Fsp3) is 0.133. The van der Waals surface area contributed by atoms with E-state index in [4.69, 9.17) is 0 Å². The van der Waals surface area contributed by atoms with Crippen LogP contribution < -0.4 is 5.32 Å². The zero-order chi connectivity index (χ0) is 15.7. The first-order valence-corrected chi connectivity index (χ1v) is 7.45. The minimum absolute atomic E-state index is 0.216. The number of carbonyl (C=O) groups excluding carboxylic acids is 1. The molecular formula is C15H14BrN5O. The van der Waals surface area contributed by atoms with E-state index in [1.54, 1.807) is 28.8 Å². The summed E-state index contributed by atoms with van der Waals surface area (Å²) >= 11 is 3.39. The molecule has 1 N–H and O–H groups in total. The number of hydrogen-bond donors (Lipinski definition) is 1. The summed E-state index contributed by atoms with van der Waals surface area (Å²) in [5.74, 6) is 0.435. The first-order chi connectivity index (χ1) is 10.5. The van der Waals surface area contributed by atoms with Crippen molar-refractivity contribution in [2.45, 2.75) is 6.92 Å². The third-order valence-corrected chi connectivity index (χ3v) is 3.71. The second-order valence-corrected chi connectivity index (χ2v) is 5.81. The minimum Gasteiger partial charge on any atom is -0.307 e. The van der Waals surface area contributed by atoms with Gasteiger partial charge in [-0.3, -0.25) is 9.48 Å². The number of aryl methyl sites for hydroxylation is 2.